The van der Waals surface area contributed by atoms with Crippen molar-refractivity contribution < 1.29 is 0 Å². The van der Waals surface area contributed by atoms with E-state index >= 15 is 0 Å². The number of hydrogen-bond donors (Lipinski definition) is 2. The van der Waals surface area contributed by atoms with Crippen molar-refractivity contribution in [2.24, 2.45) is 5.73 Å². The average molecular weight is 174 g/mol. The van der Waals surface area contributed by atoms with Gasteiger partial charge in [-0.05, 0) is 23.6 Å². The lowest BCUT2D eigenvalue weighted by Crippen LogP contribution is -2.23. The quantitative estimate of drug-likeness (QED) is 0.684. The maximum absolute atomic E-state index is 6.03. The number of nitrogens with two attached hydrogens (primary N) is 1. The predicted octanol–water partition coefficient (Wildman–Crippen LogP) is 2.15. The molecule has 0 aliphatic carbocycles. The largest absolute Gasteiger partial charge is 0.385 e. The SMILES string of the molecule is C=Cc1cccc2c1C(N)CCN2. The van der Waals surface area contributed by atoms with E-state index in [2.05, 4.69) is 24.0 Å². The van der Waals surface area contributed by atoms with Gasteiger partial charge in [0.2, 0.25) is 0 Å². The molecule has 13 heavy (non-hydrogen) atoms. The molecule has 0 aromatic heterocycles. The van der Waals surface area contributed by atoms with Crippen molar-refractivity contribution in [1.82, 2.24) is 0 Å². The third-order valence-electron chi connectivity index (χ3n) is 2.50. The van der Waals surface area contributed by atoms with Crippen molar-refractivity contribution in [3.05, 3.63) is 35.9 Å². The summed E-state index contributed by atoms with van der Waals surface area (Å²) < 4.78 is 0. The van der Waals surface area contributed by atoms with Gasteiger partial charge in [0, 0.05) is 18.3 Å². The van der Waals surface area contributed by atoms with Crippen LogP contribution in [0.15, 0.2) is 24.8 Å². The molecule has 68 valence electrons. The van der Waals surface area contributed by atoms with Crippen LogP contribution in [-0.4, -0.2) is 6.54 Å². The number of hydrogen-bond acceptors (Lipinski definition) is 2. The van der Waals surface area contributed by atoms with E-state index in [0.717, 1.165) is 24.2 Å². The molecule has 1 heterocycles. The van der Waals surface area contributed by atoms with Gasteiger partial charge < -0.3 is 11.1 Å². The highest BCUT2D eigenvalue weighted by atomic mass is 14.9. The lowest BCUT2D eigenvalue weighted by molar-refractivity contribution is 0.654. The molecule has 0 spiro atoms. The first-order chi connectivity index (χ1) is 6.33. The number of benzene rings is 1. The first kappa shape index (κ1) is 8.32. The molecule has 2 heteroatoms. The normalized spacial score (nSPS) is 20.2. The molecule has 1 atom stereocenters. The minimum atomic E-state index is 0.158. The topological polar surface area (TPSA) is 38.0 Å². The molecule has 1 aromatic carbocycles. The summed E-state index contributed by atoms with van der Waals surface area (Å²) in [7, 11) is 0. The second kappa shape index (κ2) is 3.23. The maximum atomic E-state index is 6.03. The Morgan fingerprint density at radius 3 is 3.15 bits per heavy atom. The van der Waals surface area contributed by atoms with Crippen LogP contribution in [0.3, 0.4) is 0 Å². The lowest BCUT2D eigenvalue weighted by Gasteiger charge is -2.25. The summed E-state index contributed by atoms with van der Waals surface area (Å²) in [6, 6.07) is 6.31. The highest BCUT2D eigenvalue weighted by Gasteiger charge is 2.17. The molecule has 0 amide bonds. The van der Waals surface area contributed by atoms with Gasteiger partial charge in [0.1, 0.15) is 0 Å². The Labute approximate surface area is 78.5 Å². The molecule has 1 unspecified atom stereocenters. The van der Waals surface area contributed by atoms with E-state index in [1.165, 1.54) is 5.56 Å². The Bertz CT molecular complexity index is 331. The third kappa shape index (κ3) is 1.33. The maximum Gasteiger partial charge on any atom is 0.0394 e. The highest BCUT2D eigenvalue weighted by molar-refractivity contribution is 5.65. The fraction of sp³-hybridized carbons (Fsp3) is 0.273. The zero-order chi connectivity index (χ0) is 9.26. The molecule has 0 radical (unpaired) electrons. The van der Waals surface area contributed by atoms with Crippen LogP contribution in [0.5, 0.6) is 0 Å². The summed E-state index contributed by atoms with van der Waals surface area (Å²) in [6.07, 6.45) is 2.86. The van der Waals surface area contributed by atoms with E-state index in [4.69, 9.17) is 5.73 Å². The monoisotopic (exact) mass is 174 g/mol. The van der Waals surface area contributed by atoms with Crippen LogP contribution in [0.2, 0.25) is 0 Å². The Kier molecular flexibility index (Phi) is 2.07. The Balaban J connectivity index is 2.56. The van der Waals surface area contributed by atoms with Crippen molar-refractivity contribution in [1.29, 1.82) is 0 Å². The minimum absolute atomic E-state index is 0.158. The van der Waals surface area contributed by atoms with Crippen molar-refractivity contribution in [3.63, 3.8) is 0 Å². The highest BCUT2D eigenvalue weighted by Crippen LogP contribution is 2.31. The summed E-state index contributed by atoms with van der Waals surface area (Å²) in [5.74, 6) is 0. The molecule has 0 saturated heterocycles. The van der Waals surface area contributed by atoms with Crippen LogP contribution >= 0.6 is 0 Å². The molecule has 0 saturated carbocycles. The minimum Gasteiger partial charge on any atom is -0.385 e. The van der Waals surface area contributed by atoms with Gasteiger partial charge in [0.25, 0.3) is 0 Å². The molecule has 3 N–H and O–H groups in total. The standard InChI is InChI=1S/C11H14N2/c1-2-8-4-3-5-10-11(8)9(12)6-7-13-10/h2-5,9,13H,1,6-7,12H2. The fourth-order valence-corrected chi connectivity index (χ4v) is 1.84. The molecule has 0 fully saturated rings. The summed E-state index contributed by atoms with van der Waals surface area (Å²) in [5, 5.41) is 3.34. The van der Waals surface area contributed by atoms with Gasteiger partial charge in [-0.25, -0.2) is 0 Å². The molecule has 2 rings (SSSR count). The van der Waals surface area contributed by atoms with Crippen LogP contribution < -0.4 is 11.1 Å². The molecule has 1 aliphatic rings. The van der Waals surface area contributed by atoms with Gasteiger partial charge >= 0.3 is 0 Å². The first-order valence-corrected chi connectivity index (χ1v) is 4.57. The van der Waals surface area contributed by atoms with Crippen LogP contribution in [0.1, 0.15) is 23.6 Å². The molecular formula is C11H14N2. The van der Waals surface area contributed by atoms with Gasteiger partial charge in [0.05, 0.1) is 0 Å². The van der Waals surface area contributed by atoms with Crippen molar-refractivity contribution in [3.8, 4) is 0 Å². The van der Waals surface area contributed by atoms with E-state index < -0.39 is 0 Å². The van der Waals surface area contributed by atoms with Crippen LogP contribution in [0.25, 0.3) is 6.08 Å². The number of anilines is 1. The molecule has 2 nitrogen and oxygen atoms in total. The van der Waals surface area contributed by atoms with Gasteiger partial charge in [0.15, 0.2) is 0 Å². The lowest BCUT2D eigenvalue weighted by atomic mass is 9.94. The average Bonchev–Trinajstić information content (AvgIpc) is 2.17. The second-order valence-electron chi connectivity index (χ2n) is 3.33. The van der Waals surface area contributed by atoms with E-state index in [-0.39, 0.29) is 6.04 Å². The van der Waals surface area contributed by atoms with E-state index in [1.54, 1.807) is 0 Å². The third-order valence-corrected chi connectivity index (χ3v) is 2.50. The van der Waals surface area contributed by atoms with Crippen LogP contribution in [0.4, 0.5) is 5.69 Å². The van der Waals surface area contributed by atoms with Gasteiger partial charge in [-0.1, -0.05) is 24.8 Å². The van der Waals surface area contributed by atoms with Crippen molar-refractivity contribution >= 4 is 11.8 Å². The zero-order valence-electron chi connectivity index (χ0n) is 7.59. The Morgan fingerprint density at radius 1 is 1.54 bits per heavy atom. The Morgan fingerprint density at radius 2 is 2.38 bits per heavy atom. The zero-order valence-corrected chi connectivity index (χ0v) is 7.59. The van der Waals surface area contributed by atoms with E-state index in [9.17, 15) is 0 Å². The van der Waals surface area contributed by atoms with E-state index in [1.807, 2.05) is 12.1 Å². The Hall–Kier alpha value is -1.28. The number of rotatable bonds is 1. The summed E-state index contributed by atoms with van der Waals surface area (Å²) in [4.78, 5) is 0. The molecular weight excluding hydrogens is 160 g/mol. The summed E-state index contributed by atoms with van der Waals surface area (Å²) in [5.41, 5.74) is 9.56. The molecule has 0 bridgehead atoms. The first-order valence-electron chi connectivity index (χ1n) is 4.57. The van der Waals surface area contributed by atoms with Crippen molar-refractivity contribution in [2.45, 2.75) is 12.5 Å². The summed E-state index contributed by atoms with van der Waals surface area (Å²) in [6.45, 7) is 4.76. The summed E-state index contributed by atoms with van der Waals surface area (Å²) >= 11 is 0. The fourth-order valence-electron chi connectivity index (χ4n) is 1.84. The van der Waals surface area contributed by atoms with Crippen LogP contribution in [-0.2, 0) is 0 Å². The van der Waals surface area contributed by atoms with Gasteiger partial charge in [-0.15, -0.1) is 0 Å². The van der Waals surface area contributed by atoms with E-state index in [0.29, 0.717) is 0 Å². The molecule has 1 aliphatic heterocycles. The van der Waals surface area contributed by atoms with Crippen molar-refractivity contribution in [2.75, 3.05) is 11.9 Å². The molecule has 1 aromatic rings. The second-order valence-corrected chi connectivity index (χ2v) is 3.33. The smallest absolute Gasteiger partial charge is 0.0394 e. The van der Waals surface area contributed by atoms with Crippen LogP contribution in [0, 0.1) is 0 Å². The number of fused-ring (bicyclic) bond motifs is 1. The van der Waals surface area contributed by atoms with Gasteiger partial charge in [-0.3, -0.25) is 0 Å². The van der Waals surface area contributed by atoms with Gasteiger partial charge in [-0.2, -0.15) is 0 Å². The predicted molar refractivity (Wildman–Crippen MR) is 56.6 cm³/mol. The number of nitrogens with one attached hydrogen (secondary N) is 1.